The molecule has 0 spiro atoms. The number of nitrogens with one attached hydrogen (secondary N) is 1. The van der Waals surface area contributed by atoms with E-state index in [2.05, 4.69) is 20.5 Å². The van der Waals surface area contributed by atoms with E-state index in [1.165, 1.54) is 12.4 Å². The number of pyridine rings is 1. The third-order valence-corrected chi connectivity index (χ3v) is 5.99. The van der Waals surface area contributed by atoms with Gasteiger partial charge in [-0.05, 0) is 48.7 Å². The zero-order chi connectivity index (χ0) is 26.0. The number of halogens is 3. The lowest BCUT2D eigenvalue weighted by atomic mass is 9.94. The van der Waals surface area contributed by atoms with Crippen LogP contribution in [0.2, 0.25) is 0 Å². The highest BCUT2D eigenvalue weighted by Gasteiger charge is 2.31. The van der Waals surface area contributed by atoms with Crippen molar-refractivity contribution in [1.82, 2.24) is 24.6 Å². The van der Waals surface area contributed by atoms with E-state index in [1.807, 2.05) is 37.3 Å². The van der Waals surface area contributed by atoms with E-state index in [-0.39, 0.29) is 0 Å². The normalized spacial score (nSPS) is 13.4. The summed E-state index contributed by atoms with van der Waals surface area (Å²) in [6.45, 7) is 2.32. The van der Waals surface area contributed by atoms with Crippen molar-refractivity contribution in [3.05, 3.63) is 96.6 Å². The summed E-state index contributed by atoms with van der Waals surface area (Å²) in [6.07, 6.45) is 0.820. The van der Waals surface area contributed by atoms with E-state index in [0.717, 1.165) is 17.7 Å². The van der Waals surface area contributed by atoms with Crippen molar-refractivity contribution in [2.75, 3.05) is 11.9 Å². The second kappa shape index (κ2) is 9.62. The zero-order valence-electron chi connectivity index (χ0n) is 19.9. The molecule has 3 heterocycles. The van der Waals surface area contributed by atoms with Gasteiger partial charge in [0, 0.05) is 30.0 Å². The first-order valence-electron chi connectivity index (χ1n) is 11.6. The van der Waals surface area contributed by atoms with Crippen molar-refractivity contribution in [1.29, 1.82) is 0 Å². The van der Waals surface area contributed by atoms with Crippen LogP contribution >= 0.6 is 0 Å². The maximum absolute atomic E-state index is 13.5. The number of nitrogens with zero attached hydrogens (tertiary/aromatic N) is 5. The van der Waals surface area contributed by atoms with Crippen LogP contribution in [0.5, 0.6) is 0 Å². The van der Waals surface area contributed by atoms with Gasteiger partial charge >= 0.3 is 6.18 Å². The van der Waals surface area contributed by atoms with Crippen molar-refractivity contribution < 1.29 is 13.2 Å². The summed E-state index contributed by atoms with van der Waals surface area (Å²) in [5.41, 5.74) is 8.58. The van der Waals surface area contributed by atoms with Crippen molar-refractivity contribution >= 4 is 11.6 Å². The van der Waals surface area contributed by atoms with Crippen molar-refractivity contribution in [2.24, 2.45) is 5.73 Å². The number of hydrogen-bond acceptors (Lipinski definition) is 6. The smallest absolute Gasteiger partial charge is 0.353 e. The maximum atomic E-state index is 13.5. The number of rotatable bonds is 7. The highest BCUT2D eigenvalue weighted by molar-refractivity contribution is 5.90. The molecule has 0 aliphatic rings. The Morgan fingerprint density at radius 2 is 1.70 bits per heavy atom. The lowest BCUT2D eigenvalue weighted by molar-refractivity contribution is -0.137. The zero-order valence-corrected chi connectivity index (χ0v) is 19.9. The first-order valence-corrected chi connectivity index (χ1v) is 11.6. The van der Waals surface area contributed by atoms with Crippen molar-refractivity contribution in [3.63, 3.8) is 0 Å². The van der Waals surface area contributed by atoms with Gasteiger partial charge in [0.25, 0.3) is 0 Å². The summed E-state index contributed by atoms with van der Waals surface area (Å²) in [5, 5.41) is 11.6. The number of benzene rings is 2. The number of alkyl halides is 3. The first-order chi connectivity index (χ1) is 17.7. The van der Waals surface area contributed by atoms with Gasteiger partial charge in [0.1, 0.15) is 6.33 Å². The summed E-state index contributed by atoms with van der Waals surface area (Å²) >= 11 is 0. The molecule has 0 fully saturated rings. The molecule has 0 aliphatic heterocycles. The number of aromatic nitrogens is 5. The van der Waals surface area contributed by atoms with Gasteiger partial charge in [0.15, 0.2) is 5.65 Å². The number of anilines is 1. The second-order valence-corrected chi connectivity index (χ2v) is 9.17. The van der Waals surface area contributed by atoms with Crippen LogP contribution in [-0.4, -0.2) is 36.6 Å². The van der Waals surface area contributed by atoms with Gasteiger partial charge in [-0.2, -0.15) is 13.2 Å². The fourth-order valence-electron chi connectivity index (χ4n) is 4.25. The third kappa shape index (κ3) is 5.29. The molecular formula is C27H24F3N7. The maximum Gasteiger partial charge on any atom is 0.416 e. The Balaban J connectivity index is 1.59. The Hall–Kier alpha value is -4.31. The molecule has 3 aromatic heterocycles. The minimum absolute atomic E-state index is 0.325. The van der Waals surface area contributed by atoms with Crippen LogP contribution in [0.15, 0.2) is 85.5 Å². The molecule has 3 N–H and O–H groups in total. The van der Waals surface area contributed by atoms with Crippen LogP contribution in [-0.2, 0) is 12.6 Å². The molecule has 37 heavy (non-hydrogen) atoms. The Kier molecular flexibility index (Phi) is 6.34. The fourth-order valence-corrected chi connectivity index (χ4v) is 4.25. The van der Waals surface area contributed by atoms with Gasteiger partial charge < -0.3 is 11.1 Å². The molecule has 0 aliphatic carbocycles. The second-order valence-electron chi connectivity index (χ2n) is 9.17. The largest absolute Gasteiger partial charge is 0.416 e. The summed E-state index contributed by atoms with van der Waals surface area (Å²) in [4.78, 5) is 8.89. The molecule has 0 unspecified atom stereocenters. The molecule has 0 saturated heterocycles. The van der Waals surface area contributed by atoms with Crippen LogP contribution in [0.1, 0.15) is 18.1 Å². The van der Waals surface area contributed by atoms with E-state index >= 15 is 0 Å². The van der Waals surface area contributed by atoms with Gasteiger partial charge in [-0.15, -0.1) is 10.2 Å². The molecule has 0 radical (unpaired) electrons. The molecule has 5 rings (SSSR count). The Labute approximate surface area is 211 Å². The Bertz CT molecular complexity index is 1510. The van der Waals surface area contributed by atoms with Gasteiger partial charge in [-0.1, -0.05) is 42.5 Å². The fraction of sp³-hybridized carbons (Fsp3) is 0.185. The lowest BCUT2D eigenvalue weighted by Gasteiger charge is -2.26. The molecule has 1 atom stereocenters. The minimum atomic E-state index is -4.49. The van der Waals surface area contributed by atoms with Crippen LogP contribution in [0.4, 0.5) is 19.1 Å². The summed E-state index contributed by atoms with van der Waals surface area (Å²) in [7, 11) is 0. The first kappa shape index (κ1) is 24.4. The Morgan fingerprint density at radius 1 is 0.946 bits per heavy atom. The molecular weight excluding hydrogens is 479 g/mol. The molecule has 2 aromatic carbocycles. The average Bonchev–Trinajstić information content (AvgIpc) is 3.37. The number of fused-ring (bicyclic) bond motifs is 1. The molecule has 0 amide bonds. The van der Waals surface area contributed by atoms with E-state index in [4.69, 9.17) is 10.7 Å². The number of hydrogen-bond donors (Lipinski definition) is 2. The van der Waals surface area contributed by atoms with E-state index in [1.54, 1.807) is 35.0 Å². The predicted octanol–water partition coefficient (Wildman–Crippen LogP) is 5.24. The van der Waals surface area contributed by atoms with Crippen molar-refractivity contribution in [2.45, 2.75) is 25.1 Å². The monoisotopic (exact) mass is 503 g/mol. The highest BCUT2D eigenvalue weighted by Crippen LogP contribution is 2.38. The third-order valence-electron chi connectivity index (χ3n) is 5.99. The molecule has 7 nitrogen and oxygen atoms in total. The van der Waals surface area contributed by atoms with Gasteiger partial charge in [0.2, 0.25) is 5.95 Å². The van der Waals surface area contributed by atoms with Gasteiger partial charge in [0.05, 0.1) is 16.8 Å². The minimum Gasteiger partial charge on any atom is -0.353 e. The number of nitrogens with two attached hydrogens (primary N) is 1. The SMILES string of the molecule is C[C@@](N)(CNc1nc(-c2ccncc2)c(-c2cccc(C(F)(F)F)c2)c2nncn12)Cc1ccccc1. The van der Waals surface area contributed by atoms with Crippen molar-refractivity contribution in [3.8, 4) is 22.4 Å². The van der Waals surface area contributed by atoms with E-state index in [9.17, 15) is 13.2 Å². The average molecular weight is 504 g/mol. The summed E-state index contributed by atoms with van der Waals surface area (Å²) in [5.74, 6) is 0.423. The molecule has 0 bridgehead atoms. The van der Waals surface area contributed by atoms with Gasteiger partial charge in [-0.3, -0.25) is 9.38 Å². The molecule has 5 aromatic rings. The molecule has 10 heteroatoms. The highest BCUT2D eigenvalue weighted by atomic mass is 19.4. The van der Waals surface area contributed by atoms with Gasteiger partial charge in [-0.25, -0.2) is 4.98 Å². The van der Waals surface area contributed by atoms with E-state index in [0.29, 0.717) is 46.9 Å². The topological polar surface area (TPSA) is 94.0 Å². The van der Waals surface area contributed by atoms with Crippen LogP contribution in [0.3, 0.4) is 0 Å². The molecule has 0 saturated carbocycles. The Morgan fingerprint density at radius 3 is 2.43 bits per heavy atom. The lowest BCUT2D eigenvalue weighted by Crippen LogP contribution is -2.45. The predicted molar refractivity (Wildman–Crippen MR) is 136 cm³/mol. The van der Waals surface area contributed by atoms with Crippen LogP contribution < -0.4 is 11.1 Å². The standard InChI is InChI=1S/C27H24F3N7/c1-26(31,15-18-6-3-2-4-7-18)16-33-25-35-23(19-10-12-32-13-11-19)22(24-36-34-17-37(24)25)20-8-5-9-21(14-20)27(28,29)30/h2-14,17H,15-16,31H2,1H3,(H,33,35)/t26-/m0/s1. The van der Waals surface area contributed by atoms with Crippen LogP contribution in [0.25, 0.3) is 28.0 Å². The summed E-state index contributed by atoms with van der Waals surface area (Å²) < 4.78 is 42.2. The summed E-state index contributed by atoms with van der Waals surface area (Å²) in [6, 6.07) is 18.5. The quantitative estimate of drug-likeness (QED) is 0.315. The van der Waals surface area contributed by atoms with E-state index < -0.39 is 17.3 Å². The van der Waals surface area contributed by atoms with Crippen LogP contribution in [0, 0.1) is 0 Å². The molecule has 188 valence electrons.